The highest BCUT2D eigenvalue weighted by Gasteiger charge is 2.19. The van der Waals surface area contributed by atoms with E-state index < -0.39 is 0 Å². The normalized spacial score (nSPS) is 13.7. The van der Waals surface area contributed by atoms with Gasteiger partial charge in [-0.25, -0.2) is 0 Å². The summed E-state index contributed by atoms with van der Waals surface area (Å²) in [5.74, 6) is 5.25. The number of amides is 1. The first-order valence-electron chi connectivity index (χ1n) is 5.23. The van der Waals surface area contributed by atoms with Crippen LogP contribution in [-0.4, -0.2) is 22.5 Å². The Morgan fingerprint density at radius 1 is 1.44 bits per heavy atom. The second-order valence-corrected chi connectivity index (χ2v) is 3.80. The lowest BCUT2D eigenvalue weighted by molar-refractivity contribution is -0.125. The van der Waals surface area contributed by atoms with Gasteiger partial charge in [-0.15, -0.1) is 0 Å². The van der Waals surface area contributed by atoms with Gasteiger partial charge in [0.25, 0.3) is 5.91 Å². The molecule has 0 fully saturated rings. The molecule has 82 valence electrons. The molecule has 0 aliphatic carbocycles. The standard InChI is InChI=1S/C13H13NO2/c1-2-3-13(16)14-7-6-10-4-5-12(15)8-11(10)9-14/h4-5,8,15H,6-7,9H2,1H3. The van der Waals surface area contributed by atoms with Crippen LogP contribution < -0.4 is 0 Å². The molecule has 1 aliphatic rings. The van der Waals surface area contributed by atoms with Gasteiger partial charge >= 0.3 is 0 Å². The third kappa shape index (κ3) is 2.01. The molecule has 1 heterocycles. The fraction of sp³-hybridized carbons (Fsp3) is 0.308. The second kappa shape index (κ2) is 4.28. The highest BCUT2D eigenvalue weighted by atomic mass is 16.3. The lowest BCUT2D eigenvalue weighted by Crippen LogP contribution is -2.35. The lowest BCUT2D eigenvalue weighted by atomic mass is 9.99. The summed E-state index contributed by atoms with van der Waals surface area (Å²) in [5, 5.41) is 9.39. The Hall–Kier alpha value is -1.95. The summed E-state index contributed by atoms with van der Waals surface area (Å²) < 4.78 is 0. The fourth-order valence-corrected chi connectivity index (χ4v) is 1.90. The molecule has 0 radical (unpaired) electrons. The van der Waals surface area contributed by atoms with E-state index in [1.807, 2.05) is 6.07 Å². The molecule has 16 heavy (non-hydrogen) atoms. The van der Waals surface area contributed by atoms with Crippen LogP contribution in [0, 0.1) is 11.8 Å². The van der Waals surface area contributed by atoms with Gasteiger partial charge in [0.05, 0.1) is 0 Å². The molecule has 0 spiro atoms. The van der Waals surface area contributed by atoms with Crippen LogP contribution in [0.3, 0.4) is 0 Å². The summed E-state index contributed by atoms with van der Waals surface area (Å²) in [4.78, 5) is 13.3. The van der Waals surface area contributed by atoms with Crippen molar-refractivity contribution >= 4 is 5.91 Å². The van der Waals surface area contributed by atoms with Gasteiger partial charge in [-0.2, -0.15) is 0 Å². The van der Waals surface area contributed by atoms with Crippen LogP contribution in [-0.2, 0) is 17.8 Å². The molecule has 0 atom stereocenters. The zero-order valence-corrected chi connectivity index (χ0v) is 9.16. The number of benzene rings is 1. The van der Waals surface area contributed by atoms with Gasteiger partial charge in [-0.05, 0) is 42.5 Å². The Bertz CT molecular complexity index is 482. The van der Waals surface area contributed by atoms with Crippen LogP contribution in [0.15, 0.2) is 18.2 Å². The Balaban J connectivity index is 2.22. The molecule has 1 aliphatic heterocycles. The predicted molar refractivity (Wildman–Crippen MR) is 60.7 cm³/mol. The van der Waals surface area contributed by atoms with Gasteiger partial charge in [0.1, 0.15) is 5.75 Å². The smallest absolute Gasteiger partial charge is 0.298 e. The van der Waals surface area contributed by atoms with Crippen LogP contribution in [0.25, 0.3) is 0 Å². The van der Waals surface area contributed by atoms with Crippen LogP contribution in [0.4, 0.5) is 0 Å². The van der Waals surface area contributed by atoms with E-state index in [0.717, 1.165) is 12.0 Å². The highest BCUT2D eigenvalue weighted by Crippen LogP contribution is 2.22. The van der Waals surface area contributed by atoms with Crippen molar-refractivity contribution in [2.75, 3.05) is 6.54 Å². The maximum Gasteiger partial charge on any atom is 0.298 e. The van der Waals surface area contributed by atoms with Crippen molar-refractivity contribution in [3.8, 4) is 17.6 Å². The molecule has 1 aromatic rings. The van der Waals surface area contributed by atoms with Crippen molar-refractivity contribution in [3.63, 3.8) is 0 Å². The second-order valence-electron chi connectivity index (χ2n) is 3.80. The molecule has 3 heteroatoms. The number of fused-ring (bicyclic) bond motifs is 1. The molecule has 0 saturated heterocycles. The molecular weight excluding hydrogens is 202 g/mol. The van der Waals surface area contributed by atoms with Gasteiger partial charge in [0.2, 0.25) is 0 Å². The average Bonchev–Trinajstić information content (AvgIpc) is 2.28. The van der Waals surface area contributed by atoms with Crippen molar-refractivity contribution in [1.29, 1.82) is 0 Å². The molecule has 0 saturated carbocycles. The summed E-state index contributed by atoms with van der Waals surface area (Å²) >= 11 is 0. The Kier molecular flexibility index (Phi) is 2.82. The van der Waals surface area contributed by atoms with E-state index in [9.17, 15) is 9.90 Å². The molecule has 3 nitrogen and oxygen atoms in total. The van der Waals surface area contributed by atoms with Crippen molar-refractivity contribution in [1.82, 2.24) is 4.90 Å². The van der Waals surface area contributed by atoms with Gasteiger partial charge in [-0.3, -0.25) is 4.79 Å². The monoisotopic (exact) mass is 215 g/mol. The van der Waals surface area contributed by atoms with E-state index in [4.69, 9.17) is 0 Å². The molecule has 1 N–H and O–H groups in total. The number of hydrogen-bond donors (Lipinski definition) is 1. The maximum atomic E-state index is 11.6. The quantitative estimate of drug-likeness (QED) is 0.663. The number of hydrogen-bond acceptors (Lipinski definition) is 2. The number of rotatable bonds is 0. The fourth-order valence-electron chi connectivity index (χ4n) is 1.90. The molecular formula is C13H13NO2. The minimum atomic E-state index is -0.142. The first-order valence-corrected chi connectivity index (χ1v) is 5.23. The third-order valence-electron chi connectivity index (χ3n) is 2.72. The van der Waals surface area contributed by atoms with E-state index in [0.29, 0.717) is 13.1 Å². The van der Waals surface area contributed by atoms with Gasteiger partial charge in [0.15, 0.2) is 0 Å². The SMILES string of the molecule is CC#CC(=O)N1CCc2ccc(O)cc2C1. The Labute approximate surface area is 94.7 Å². The third-order valence-corrected chi connectivity index (χ3v) is 2.72. The lowest BCUT2D eigenvalue weighted by Gasteiger charge is -2.27. The molecule has 0 unspecified atom stereocenters. The van der Waals surface area contributed by atoms with Crippen molar-refractivity contribution in [2.24, 2.45) is 0 Å². The zero-order chi connectivity index (χ0) is 11.5. The van der Waals surface area contributed by atoms with Crippen LogP contribution in [0.2, 0.25) is 0 Å². The minimum Gasteiger partial charge on any atom is -0.508 e. The first kappa shape index (κ1) is 10.6. The molecule has 2 rings (SSSR count). The van der Waals surface area contributed by atoms with Crippen LogP contribution in [0.1, 0.15) is 18.1 Å². The number of aromatic hydroxyl groups is 1. The van der Waals surface area contributed by atoms with E-state index >= 15 is 0 Å². The molecule has 1 aromatic carbocycles. The average molecular weight is 215 g/mol. The summed E-state index contributed by atoms with van der Waals surface area (Å²) in [6.07, 6.45) is 0.826. The molecule has 0 bridgehead atoms. The minimum absolute atomic E-state index is 0.142. The highest BCUT2D eigenvalue weighted by molar-refractivity contribution is 5.93. The number of carbonyl (C=O) groups excluding carboxylic acids is 1. The summed E-state index contributed by atoms with van der Waals surface area (Å²) in [6.45, 7) is 2.89. The number of phenols is 1. The summed E-state index contributed by atoms with van der Waals surface area (Å²) in [5.41, 5.74) is 2.21. The zero-order valence-electron chi connectivity index (χ0n) is 9.16. The van der Waals surface area contributed by atoms with E-state index in [1.54, 1.807) is 24.0 Å². The first-order chi connectivity index (χ1) is 7.70. The summed E-state index contributed by atoms with van der Waals surface area (Å²) in [7, 11) is 0. The summed E-state index contributed by atoms with van der Waals surface area (Å²) in [6, 6.07) is 5.31. The Morgan fingerprint density at radius 2 is 2.25 bits per heavy atom. The molecule has 1 amide bonds. The van der Waals surface area contributed by atoms with Gasteiger partial charge in [0, 0.05) is 13.1 Å². The Morgan fingerprint density at radius 3 is 3.00 bits per heavy atom. The van der Waals surface area contributed by atoms with Crippen LogP contribution >= 0.6 is 0 Å². The largest absolute Gasteiger partial charge is 0.508 e. The van der Waals surface area contributed by atoms with Crippen molar-refractivity contribution in [3.05, 3.63) is 29.3 Å². The van der Waals surface area contributed by atoms with E-state index in [1.165, 1.54) is 5.56 Å². The van der Waals surface area contributed by atoms with Crippen molar-refractivity contribution < 1.29 is 9.90 Å². The van der Waals surface area contributed by atoms with Crippen molar-refractivity contribution in [2.45, 2.75) is 19.9 Å². The van der Waals surface area contributed by atoms with Gasteiger partial charge in [-0.1, -0.05) is 12.0 Å². The van der Waals surface area contributed by atoms with Crippen LogP contribution in [0.5, 0.6) is 5.75 Å². The topological polar surface area (TPSA) is 40.5 Å². The maximum absolute atomic E-state index is 11.6. The number of phenolic OH excluding ortho intramolecular Hbond substituents is 1. The van der Waals surface area contributed by atoms with E-state index in [-0.39, 0.29) is 11.7 Å². The predicted octanol–water partition coefficient (Wildman–Crippen LogP) is 1.30. The molecule has 0 aromatic heterocycles. The van der Waals surface area contributed by atoms with E-state index in [2.05, 4.69) is 11.8 Å². The number of nitrogens with zero attached hydrogens (tertiary/aromatic N) is 1. The number of carbonyl (C=O) groups is 1. The van der Waals surface area contributed by atoms with Gasteiger partial charge < -0.3 is 10.0 Å².